The summed E-state index contributed by atoms with van der Waals surface area (Å²) in [5.74, 6) is 0. The quantitative estimate of drug-likeness (QED) is 0.503. The van der Waals surface area contributed by atoms with Crippen molar-refractivity contribution in [3.63, 3.8) is 0 Å². The normalized spacial score (nSPS) is 12.4. The average Bonchev–Trinajstić information content (AvgIpc) is 2.48. The van der Waals surface area contributed by atoms with Gasteiger partial charge in [-0.2, -0.15) is 0 Å². The van der Waals surface area contributed by atoms with E-state index in [1.807, 2.05) is 12.1 Å². The van der Waals surface area contributed by atoms with Crippen LogP contribution in [0, 0.1) is 3.57 Å². The van der Waals surface area contributed by atoms with E-state index in [1.54, 1.807) is 0 Å². The Balaban J connectivity index is 2.20. The van der Waals surface area contributed by atoms with Crippen LogP contribution in [0.3, 0.4) is 0 Å². The number of rotatable bonds is 6. The van der Waals surface area contributed by atoms with Crippen molar-refractivity contribution >= 4 is 50.1 Å². The van der Waals surface area contributed by atoms with E-state index in [0.717, 1.165) is 28.9 Å². The lowest BCUT2D eigenvalue weighted by Gasteiger charge is -2.20. The molecule has 4 heteroatoms. The van der Waals surface area contributed by atoms with Crippen LogP contribution in [-0.2, 0) is 6.42 Å². The van der Waals surface area contributed by atoms with Gasteiger partial charge in [0.15, 0.2) is 0 Å². The van der Waals surface area contributed by atoms with E-state index in [9.17, 15) is 0 Å². The Hall–Kier alpha value is -0.100. The predicted octanol–water partition coefficient (Wildman–Crippen LogP) is 5.99. The molecule has 0 amide bonds. The molecule has 0 aliphatic carbocycles. The molecule has 1 atom stereocenters. The van der Waals surface area contributed by atoms with Crippen molar-refractivity contribution in [2.24, 2.45) is 0 Å². The fourth-order valence-electron chi connectivity index (χ4n) is 2.21. The molecule has 1 unspecified atom stereocenters. The molecular weight excluding hydrogens is 460 g/mol. The van der Waals surface area contributed by atoms with E-state index in [-0.39, 0.29) is 6.04 Å². The first kappa shape index (κ1) is 17.3. The number of hydrogen-bond acceptors (Lipinski definition) is 1. The molecule has 0 bridgehead atoms. The first-order chi connectivity index (χ1) is 10.1. The minimum atomic E-state index is 0.288. The Labute approximate surface area is 153 Å². The summed E-state index contributed by atoms with van der Waals surface area (Å²) in [6.07, 6.45) is 2.09. The molecular formula is C17H18BrClIN. The van der Waals surface area contributed by atoms with Gasteiger partial charge < -0.3 is 5.32 Å². The molecule has 0 saturated carbocycles. The topological polar surface area (TPSA) is 12.0 Å². The second kappa shape index (κ2) is 8.51. The van der Waals surface area contributed by atoms with Gasteiger partial charge in [0.05, 0.1) is 5.02 Å². The zero-order chi connectivity index (χ0) is 15.2. The van der Waals surface area contributed by atoms with Crippen LogP contribution in [0.25, 0.3) is 0 Å². The Bertz CT molecular complexity index is 586. The number of nitrogens with one attached hydrogen (secondary N) is 1. The number of halogens is 3. The molecule has 21 heavy (non-hydrogen) atoms. The molecule has 0 heterocycles. The Morgan fingerprint density at radius 3 is 2.52 bits per heavy atom. The molecule has 0 fully saturated rings. The van der Waals surface area contributed by atoms with Crippen LogP contribution in [0.15, 0.2) is 46.9 Å². The van der Waals surface area contributed by atoms with Gasteiger partial charge in [0.2, 0.25) is 0 Å². The highest BCUT2D eigenvalue weighted by Crippen LogP contribution is 2.27. The highest BCUT2D eigenvalue weighted by molar-refractivity contribution is 14.1. The zero-order valence-corrected chi connectivity index (χ0v) is 16.4. The second-order valence-corrected chi connectivity index (χ2v) is 7.52. The van der Waals surface area contributed by atoms with Crippen molar-refractivity contribution < 1.29 is 0 Å². The molecule has 1 N–H and O–H groups in total. The highest BCUT2D eigenvalue weighted by atomic mass is 127. The molecule has 2 aromatic rings. The van der Waals surface area contributed by atoms with Crippen molar-refractivity contribution in [2.75, 3.05) is 6.54 Å². The molecule has 2 aromatic carbocycles. The van der Waals surface area contributed by atoms with Gasteiger partial charge in [-0.05, 0) is 93.3 Å². The third-order valence-corrected chi connectivity index (χ3v) is 5.29. The Morgan fingerprint density at radius 2 is 1.90 bits per heavy atom. The van der Waals surface area contributed by atoms with Crippen LogP contribution in [0.5, 0.6) is 0 Å². The van der Waals surface area contributed by atoms with Crippen molar-refractivity contribution in [3.05, 3.63) is 66.7 Å². The SMILES string of the molecule is CCCNC(Cc1ccc(I)cc1)c1ccc(Br)c(Cl)c1. The number of benzene rings is 2. The maximum Gasteiger partial charge on any atom is 0.0551 e. The van der Waals surface area contributed by atoms with Gasteiger partial charge >= 0.3 is 0 Å². The van der Waals surface area contributed by atoms with E-state index >= 15 is 0 Å². The minimum absolute atomic E-state index is 0.288. The van der Waals surface area contributed by atoms with E-state index in [2.05, 4.69) is 81.1 Å². The lowest BCUT2D eigenvalue weighted by molar-refractivity contribution is 0.529. The maximum atomic E-state index is 6.24. The lowest BCUT2D eigenvalue weighted by Crippen LogP contribution is -2.24. The van der Waals surface area contributed by atoms with Gasteiger partial charge in [0.25, 0.3) is 0 Å². The fraction of sp³-hybridized carbons (Fsp3) is 0.294. The monoisotopic (exact) mass is 477 g/mol. The van der Waals surface area contributed by atoms with E-state index in [0.29, 0.717) is 0 Å². The number of hydrogen-bond donors (Lipinski definition) is 1. The summed E-state index contributed by atoms with van der Waals surface area (Å²) in [5, 5.41) is 4.38. The van der Waals surface area contributed by atoms with Crippen molar-refractivity contribution in [2.45, 2.75) is 25.8 Å². The molecule has 0 aromatic heterocycles. The summed E-state index contributed by atoms with van der Waals surface area (Å²) in [6, 6.07) is 15.2. The summed E-state index contributed by atoms with van der Waals surface area (Å²) >= 11 is 12.0. The van der Waals surface area contributed by atoms with E-state index in [1.165, 1.54) is 14.7 Å². The van der Waals surface area contributed by atoms with Gasteiger partial charge in [-0.25, -0.2) is 0 Å². The van der Waals surface area contributed by atoms with Gasteiger partial charge in [-0.1, -0.05) is 36.7 Å². The van der Waals surface area contributed by atoms with Crippen LogP contribution in [0.1, 0.15) is 30.5 Å². The smallest absolute Gasteiger partial charge is 0.0551 e. The Morgan fingerprint density at radius 1 is 1.19 bits per heavy atom. The molecule has 2 rings (SSSR count). The minimum Gasteiger partial charge on any atom is -0.310 e. The fourth-order valence-corrected chi connectivity index (χ4v) is 3.01. The van der Waals surface area contributed by atoms with Crippen LogP contribution >= 0.6 is 50.1 Å². The largest absolute Gasteiger partial charge is 0.310 e. The van der Waals surface area contributed by atoms with Gasteiger partial charge in [-0.15, -0.1) is 0 Å². The predicted molar refractivity (Wildman–Crippen MR) is 103 cm³/mol. The molecule has 112 valence electrons. The maximum absolute atomic E-state index is 6.24. The molecule has 0 saturated heterocycles. The van der Waals surface area contributed by atoms with Crippen LogP contribution < -0.4 is 5.32 Å². The molecule has 0 radical (unpaired) electrons. The van der Waals surface area contributed by atoms with Crippen LogP contribution in [-0.4, -0.2) is 6.54 Å². The molecule has 0 spiro atoms. The summed E-state index contributed by atoms with van der Waals surface area (Å²) in [6.45, 7) is 3.19. The van der Waals surface area contributed by atoms with Gasteiger partial charge in [0, 0.05) is 14.1 Å². The summed E-state index contributed by atoms with van der Waals surface area (Å²) in [7, 11) is 0. The van der Waals surface area contributed by atoms with E-state index in [4.69, 9.17) is 11.6 Å². The third kappa shape index (κ3) is 5.23. The third-order valence-electron chi connectivity index (χ3n) is 3.34. The summed E-state index contributed by atoms with van der Waals surface area (Å²) < 4.78 is 2.21. The van der Waals surface area contributed by atoms with Gasteiger partial charge in [-0.3, -0.25) is 0 Å². The van der Waals surface area contributed by atoms with E-state index < -0.39 is 0 Å². The summed E-state index contributed by atoms with van der Waals surface area (Å²) in [5.41, 5.74) is 2.57. The van der Waals surface area contributed by atoms with Crippen LogP contribution in [0.4, 0.5) is 0 Å². The summed E-state index contributed by atoms with van der Waals surface area (Å²) in [4.78, 5) is 0. The first-order valence-corrected chi connectivity index (χ1v) is 9.28. The molecule has 0 aliphatic rings. The first-order valence-electron chi connectivity index (χ1n) is 7.03. The van der Waals surface area contributed by atoms with Crippen molar-refractivity contribution in [1.29, 1.82) is 0 Å². The molecule has 0 aliphatic heterocycles. The molecule has 1 nitrogen and oxygen atoms in total. The lowest BCUT2D eigenvalue weighted by atomic mass is 9.99. The average molecular weight is 479 g/mol. The highest BCUT2D eigenvalue weighted by Gasteiger charge is 2.13. The Kier molecular flexibility index (Phi) is 6.99. The zero-order valence-electron chi connectivity index (χ0n) is 11.9. The van der Waals surface area contributed by atoms with Crippen molar-refractivity contribution in [1.82, 2.24) is 5.32 Å². The standard InChI is InChI=1S/C17H18BrClIN/c1-2-9-21-17(10-12-3-6-14(20)7-4-12)13-5-8-15(18)16(19)11-13/h3-8,11,17,21H,2,9-10H2,1H3. The van der Waals surface area contributed by atoms with Crippen LogP contribution in [0.2, 0.25) is 5.02 Å². The van der Waals surface area contributed by atoms with Crippen molar-refractivity contribution in [3.8, 4) is 0 Å². The second-order valence-electron chi connectivity index (χ2n) is 5.01. The van der Waals surface area contributed by atoms with Gasteiger partial charge in [0.1, 0.15) is 0 Å².